The van der Waals surface area contributed by atoms with E-state index in [2.05, 4.69) is 15.3 Å². The number of hydrogen-bond donors (Lipinski definition) is 2. The predicted molar refractivity (Wildman–Crippen MR) is 133 cm³/mol. The van der Waals surface area contributed by atoms with E-state index in [0.29, 0.717) is 28.9 Å². The van der Waals surface area contributed by atoms with Gasteiger partial charge in [-0.05, 0) is 49.4 Å². The third-order valence-electron chi connectivity index (χ3n) is 7.55. The molecule has 2 atom stereocenters. The highest BCUT2D eigenvalue weighted by Gasteiger charge is 2.40. The summed E-state index contributed by atoms with van der Waals surface area (Å²) in [5.41, 5.74) is 0.680. The number of alkyl halides is 3. The molecule has 0 saturated carbocycles. The highest BCUT2D eigenvalue weighted by Crippen LogP contribution is 2.32. The molecule has 5 rings (SSSR count). The standard InChI is InChI=1S/C26H27F5N6O3/c27-18-4-1-3-17(21(18)28)15-6-7-19(23(38)36(13-15)14-26(29,30)31)33-24(39)35-11-8-16(9-12-35)37-20-5-2-10-32-22(20)34-25(37)40/h1-5,10,15-16,19H,6-9,11-14H2,(H,33,39)(H,32,34,40)/t15-,19?/m1/s1. The van der Waals surface area contributed by atoms with Gasteiger partial charge in [-0.15, -0.1) is 0 Å². The van der Waals surface area contributed by atoms with Gasteiger partial charge >= 0.3 is 17.9 Å². The maximum absolute atomic E-state index is 14.5. The number of nitrogens with zero attached hydrogens (tertiary/aromatic N) is 4. The molecule has 0 spiro atoms. The number of hydrogen-bond acceptors (Lipinski definition) is 4. The Bertz CT molecular complexity index is 1460. The summed E-state index contributed by atoms with van der Waals surface area (Å²) in [5.74, 6) is -4.11. The number of nitrogens with one attached hydrogen (secondary N) is 2. The molecule has 214 valence electrons. The highest BCUT2D eigenvalue weighted by molar-refractivity contribution is 5.87. The van der Waals surface area contributed by atoms with Gasteiger partial charge in [0.25, 0.3) is 0 Å². The zero-order chi connectivity index (χ0) is 28.6. The summed E-state index contributed by atoms with van der Waals surface area (Å²) in [6.45, 7) is -1.55. The van der Waals surface area contributed by atoms with Gasteiger partial charge in [0, 0.05) is 37.8 Å². The van der Waals surface area contributed by atoms with Crippen molar-refractivity contribution < 1.29 is 31.5 Å². The second-order valence-electron chi connectivity index (χ2n) is 10.1. The van der Waals surface area contributed by atoms with Crippen LogP contribution in [0.5, 0.6) is 0 Å². The number of amides is 3. The van der Waals surface area contributed by atoms with E-state index in [1.54, 1.807) is 22.9 Å². The topological polar surface area (TPSA) is 103 Å². The van der Waals surface area contributed by atoms with Crippen LogP contribution in [0.3, 0.4) is 0 Å². The number of fused-ring (bicyclic) bond motifs is 1. The van der Waals surface area contributed by atoms with Crippen molar-refractivity contribution in [1.29, 1.82) is 0 Å². The van der Waals surface area contributed by atoms with Crippen LogP contribution < -0.4 is 11.0 Å². The fourth-order valence-corrected chi connectivity index (χ4v) is 5.63. The van der Waals surface area contributed by atoms with Crippen LogP contribution in [-0.2, 0) is 4.79 Å². The summed E-state index contributed by atoms with van der Waals surface area (Å²) >= 11 is 0. The molecule has 3 aromatic rings. The molecule has 0 radical (unpaired) electrons. The first kappa shape index (κ1) is 27.6. The van der Waals surface area contributed by atoms with Gasteiger partial charge in [0.05, 0.1) is 5.52 Å². The highest BCUT2D eigenvalue weighted by atomic mass is 19.4. The number of carbonyl (C=O) groups excluding carboxylic acids is 2. The molecule has 9 nitrogen and oxygen atoms in total. The lowest BCUT2D eigenvalue weighted by Gasteiger charge is -2.34. The smallest absolute Gasteiger partial charge is 0.331 e. The molecular weight excluding hydrogens is 539 g/mol. The lowest BCUT2D eigenvalue weighted by atomic mass is 9.93. The van der Waals surface area contributed by atoms with Crippen LogP contribution in [0.4, 0.5) is 26.7 Å². The Kier molecular flexibility index (Phi) is 7.51. The number of piperidine rings is 1. The summed E-state index contributed by atoms with van der Waals surface area (Å²) in [7, 11) is 0. The van der Waals surface area contributed by atoms with Crippen LogP contribution in [0.25, 0.3) is 11.2 Å². The first-order chi connectivity index (χ1) is 19.0. The lowest BCUT2D eigenvalue weighted by molar-refractivity contribution is -0.162. The number of H-pyrrole nitrogens is 1. The molecule has 2 fully saturated rings. The van der Waals surface area contributed by atoms with Gasteiger partial charge in [-0.2, -0.15) is 13.2 Å². The largest absolute Gasteiger partial charge is 0.406 e. The zero-order valence-corrected chi connectivity index (χ0v) is 21.3. The molecule has 2 aromatic heterocycles. The summed E-state index contributed by atoms with van der Waals surface area (Å²) in [5, 5.41) is 2.56. The Hall–Kier alpha value is -3.97. The Morgan fingerprint density at radius 3 is 2.52 bits per heavy atom. The third-order valence-corrected chi connectivity index (χ3v) is 7.55. The van der Waals surface area contributed by atoms with Gasteiger partial charge in [0.1, 0.15) is 12.6 Å². The van der Waals surface area contributed by atoms with Crippen LogP contribution in [0, 0.1) is 11.6 Å². The first-order valence-corrected chi connectivity index (χ1v) is 12.9. The maximum Gasteiger partial charge on any atom is 0.406 e. The number of imidazole rings is 1. The van der Waals surface area contributed by atoms with Crippen molar-refractivity contribution in [2.75, 3.05) is 26.2 Å². The van der Waals surface area contributed by atoms with Crippen LogP contribution in [0.2, 0.25) is 0 Å². The number of carbonyl (C=O) groups is 2. The molecule has 3 amide bonds. The second kappa shape index (κ2) is 10.9. The van der Waals surface area contributed by atoms with E-state index in [1.807, 2.05) is 0 Å². The van der Waals surface area contributed by atoms with E-state index in [1.165, 1.54) is 17.0 Å². The van der Waals surface area contributed by atoms with E-state index in [-0.39, 0.29) is 43.2 Å². The molecule has 14 heteroatoms. The molecule has 2 saturated heterocycles. The number of halogens is 5. The summed E-state index contributed by atoms with van der Waals surface area (Å²) in [4.78, 5) is 47.5. The molecule has 40 heavy (non-hydrogen) atoms. The van der Waals surface area contributed by atoms with E-state index < -0.39 is 54.8 Å². The van der Waals surface area contributed by atoms with Crippen molar-refractivity contribution in [2.24, 2.45) is 0 Å². The number of likely N-dealkylation sites (tertiary alicyclic amines) is 2. The number of aromatic nitrogens is 3. The van der Waals surface area contributed by atoms with Crippen molar-refractivity contribution >= 4 is 23.1 Å². The number of urea groups is 1. The van der Waals surface area contributed by atoms with Crippen molar-refractivity contribution in [3.63, 3.8) is 0 Å². The summed E-state index contributed by atoms with van der Waals surface area (Å²) < 4.78 is 69.9. The zero-order valence-electron chi connectivity index (χ0n) is 21.3. The molecule has 1 unspecified atom stereocenters. The van der Waals surface area contributed by atoms with E-state index >= 15 is 0 Å². The lowest BCUT2D eigenvalue weighted by Crippen LogP contribution is -2.54. The summed E-state index contributed by atoms with van der Waals surface area (Å²) in [6.07, 6.45) is -2.27. The maximum atomic E-state index is 14.5. The average Bonchev–Trinajstić information content (AvgIpc) is 3.18. The molecule has 2 aliphatic rings. The molecule has 0 bridgehead atoms. The van der Waals surface area contributed by atoms with Crippen LogP contribution >= 0.6 is 0 Å². The van der Waals surface area contributed by atoms with Gasteiger partial charge in [-0.1, -0.05) is 12.1 Å². The summed E-state index contributed by atoms with van der Waals surface area (Å²) in [6, 6.07) is 4.87. The molecule has 2 N–H and O–H groups in total. The SMILES string of the molecule is O=C(NC1CC[C@@H](c2cccc(F)c2F)CN(CC(F)(F)F)C1=O)N1CCC(n2c(=O)[nH]c3ncccc32)CC1. The minimum Gasteiger partial charge on any atom is -0.331 e. The monoisotopic (exact) mass is 566 g/mol. The van der Waals surface area contributed by atoms with Crippen LogP contribution in [0.1, 0.15) is 43.2 Å². The van der Waals surface area contributed by atoms with E-state index in [0.717, 1.165) is 6.07 Å². The van der Waals surface area contributed by atoms with Gasteiger partial charge < -0.3 is 15.1 Å². The van der Waals surface area contributed by atoms with Crippen LogP contribution in [-0.4, -0.2) is 74.7 Å². The Morgan fingerprint density at radius 2 is 1.80 bits per heavy atom. The fraction of sp³-hybridized carbons (Fsp3) is 0.462. The molecule has 0 aliphatic carbocycles. The molecule has 2 aliphatic heterocycles. The minimum atomic E-state index is -4.72. The van der Waals surface area contributed by atoms with Crippen molar-refractivity contribution in [2.45, 2.75) is 49.9 Å². The van der Waals surface area contributed by atoms with Crippen molar-refractivity contribution in [3.8, 4) is 0 Å². The van der Waals surface area contributed by atoms with Gasteiger partial charge in [0.2, 0.25) is 5.91 Å². The number of pyridine rings is 1. The normalized spacial score (nSPS) is 21.1. The minimum absolute atomic E-state index is 0.0479. The van der Waals surface area contributed by atoms with Crippen molar-refractivity contribution in [3.05, 3.63) is 64.2 Å². The number of rotatable bonds is 4. The van der Waals surface area contributed by atoms with Crippen LogP contribution in [0.15, 0.2) is 41.3 Å². The molecule has 1 aromatic carbocycles. The average molecular weight is 567 g/mol. The first-order valence-electron chi connectivity index (χ1n) is 12.9. The second-order valence-corrected chi connectivity index (χ2v) is 10.1. The predicted octanol–water partition coefficient (Wildman–Crippen LogP) is 3.69. The Morgan fingerprint density at radius 1 is 1.05 bits per heavy atom. The van der Waals surface area contributed by atoms with E-state index in [4.69, 9.17) is 0 Å². The Balaban J connectivity index is 1.28. The quantitative estimate of drug-likeness (QED) is 0.471. The van der Waals surface area contributed by atoms with Crippen molar-refractivity contribution in [1.82, 2.24) is 29.7 Å². The third kappa shape index (κ3) is 5.65. The Labute approximate surface area is 225 Å². The van der Waals surface area contributed by atoms with Gasteiger partial charge in [-0.25, -0.2) is 23.4 Å². The molecule has 4 heterocycles. The van der Waals surface area contributed by atoms with Gasteiger partial charge in [0.15, 0.2) is 17.3 Å². The van der Waals surface area contributed by atoms with E-state index in [9.17, 15) is 36.3 Å². The number of benzene rings is 1. The molecular formula is C26H27F5N6O3. The fourth-order valence-electron chi connectivity index (χ4n) is 5.63. The number of aromatic amines is 1. The van der Waals surface area contributed by atoms with Gasteiger partial charge in [-0.3, -0.25) is 14.3 Å².